The Morgan fingerprint density at radius 3 is 2.40 bits per heavy atom. The Labute approximate surface area is 146 Å². The molecular formula is C16H20N2O6S. The summed E-state index contributed by atoms with van der Waals surface area (Å²) in [6.07, 6.45) is 1.91. The van der Waals surface area contributed by atoms with Gasteiger partial charge in [-0.15, -0.1) is 0 Å². The van der Waals surface area contributed by atoms with E-state index in [4.69, 9.17) is 9.47 Å². The maximum absolute atomic E-state index is 12.5. The number of nitrogens with zero attached hydrogens (tertiary/aromatic N) is 1. The largest absolute Gasteiger partial charge is 0.452 e. The van der Waals surface area contributed by atoms with Crippen LogP contribution < -0.4 is 5.32 Å². The molecule has 0 bridgehead atoms. The Morgan fingerprint density at radius 2 is 1.80 bits per heavy atom. The van der Waals surface area contributed by atoms with E-state index in [9.17, 15) is 18.0 Å². The zero-order valence-corrected chi connectivity index (χ0v) is 14.5. The number of hydrogen-bond donors (Lipinski definition) is 1. The summed E-state index contributed by atoms with van der Waals surface area (Å²) in [7, 11) is -3.60. The van der Waals surface area contributed by atoms with Gasteiger partial charge in [-0.3, -0.25) is 4.79 Å². The average Bonchev–Trinajstić information content (AvgIpc) is 3.44. The number of ether oxygens (including phenoxy) is 2. The van der Waals surface area contributed by atoms with Crippen LogP contribution in [0.3, 0.4) is 0 Å². The summed E-state index contributed by atoms with van der Waals surface area (Å²) in [4.78, 5) is 23.5. The number of esters is 1. The van der Waals surface area contributed by atoms with Gasteiger partial charge in [-0.25, -0.2) is 13.2 Å². The third kappa shape index (κ3) is 4.56. The highest BCUT2D eigenvalue weighted by Gasteiger charge is 2.27. The Bertz CT molecular complexity index is 736. The monoisotopic (exact) mass is 368 g/mol. The van der Waals surface area contributed by atoms with E-state index in [1.165, 1.54) is 28.6 Å². The number of hydrogen-bond acceptors (Lipinski definition) is 6. The number of morpholine rings is 1. The first-order chi connectivity index (χ1) is 12.0. The molecule has 1 amide bonds. The molecule has 8 nitrogen and oxygen atoms in total. The number of rotatable bonds is 6. The molecule has 1 aliphatic carbocycles. The van der Waals surface area contributed by atoms with Gasteiger partial charge in [0.1, 0.15) is 0 Å². The van der Waals surface area contributed by atoms with Gasteiger partial charge in [-0.1, -0.05) is 0 Å². The predicted octanol–water partition coefficient (Wildman–Crippen LogP) is 0.143. The molecule has 25 heavy (non-hydrogen) atoms. The molecule has 1 N–H and O–H groups in total. The van der Waals surface area contributed by atoms with Crippen molar-refractivity contribution in [2.75, 3.05) is 32.9 Å². The van der Waals surface area contributed by atoms with Crippen molar-refractivity contribution >= 4 is 21.9 Å². The van der Waals surface area contributed by atoms with Crippen LogP contribution in [-0.2, 0) is 24.3 Å². The minimum absolute atomic E-state index is 0.109. The summed E-state index contributed by atoms with van der Waals surface area (Å²) < 4.78 is 36.4. The van der Waals surface area contributed by atoms with Crippen LogP contribution in [-0.4, -0.2) is 63.6 Å². The molecule has 0 aromatic heterocycles. The lowest BCUT2D eigenvalue weighted by Gasteiger charge is -2.26. The van der Waals surface area contributed by atoms with E-state index in [-0.39, 0.29) is 29.0 Å². The zero-order valence-electron chi connectivity index (χ0n) is 13.6. The van der Waals surface area contributed by atoms with Gasteiger partial charge in [0.15, 0.2) is 6.61 Å². The van der Waals surface area contributed by atoms with E-state index in [0.717, 1.165) is 12.8 Å². The van der Waals surface area contributed by atoms with Gasteiger partial charge in [0, 0.05) is 19.1 Å². The Balaban J connectivity index is 1.58. The minimum atomic E-state index is -3.60. The molecule has 2 aliphatic rings. The number of carbonyl (C=O) groups excluding carboxylic acids is 2. The first kappa shape index (κ1) is 17.8. The van der Waals surface area contributed by atoms with Crippen LogP contribution in [0.5, 0.6) is 0 Å². The molecule has 1 heterocycles. The van der Waals surface area contributed by atoms with Gasteiger partial charge >= 0.3 is 5.97 Å². The average molecular weight is 368 g/mol. The Kier molecular flexibility index (Phi) is 5.36. The zero-order chi connectivity index (χ0) is 17.9. The third-order valence-electron chi connectivity index (χ3n) is 3.97. The van der Waals surface area contributed by atoms with Crippen molar-refractivity contribution in [1.82, 2.24) is 9.62 Å². The second-order valence-corrected chi connectivity index (χ2v) is 7.90. The second-order valence-electron chi connectivity index (χ2n) is 5.96. The van der Waals surface area contributed by atoms with Gasteiger partial charge in [0.2, 0.25) is 10.0 Å². The fourth-order valence-electron chi connectivity index (χ4n) is 2.41. The summed E-state index contributed by atoms with van der Waals surface area (Å²) in [5.41, 5.74) is 0.195. The van der Waals surface area contributed by atoms with Crippen molar-refractivity contribution < 1.29 is 27.5 Å². The summed E-state index contributed by atoms with van der Waals surface area (Å²) in [6.45, 7) is 1.01. The molecule has 1 saturated carbocycles. The molecule has 2 fully saturated rings. The molecule has 1 aromatic carbocycles. The summed E-state index contributed by atoms with van der Waals surface area (Å²) in [6, 6.07) is 5.70. The lowest BCUT2D eigenvalue weighted by Crippen LogP contribution is -2.40. The molecular weight excluding hydrogens is 348 g/mol. The normalized spacial score (nSPS) is 18.6. The first-order valence-electron chi connectivity index (χ1n) is 8.11. The molecule has 1 aliphatic heterocycles. The van der Waals surface area contributed by atoms with Crippen LogP contribution in [0.2, 0.25) is 0 Å². The van der Waals surface area contributed by atoms with Gasteiger partial charge in [-0.2, -0.15) is 4.31 Å². The molecule has 1 saturated heterocycles. The van der Waals surface area contributed by atoms with Crippen molar-refractivity contribution in [3.8, 4) is 0 Å². The maximum Gasteiger partial charge on any atom is 0.338 e. The summed E-state index contributed by atoms with van der Waals surface area (Å²) in [5, 5.41) is 2.71. The van der Waals surface area contributed by atoms with E-state index in [2.05, 4.69) is 5.32 Å². The molecule has 0 atom stereocenters. The number of sulfonamides is 1. The van der Waals surface area contributed by atoms with Crippen LogP contribution in [0.15, 0.2) is 29.2 Å². The number of carbonyl (C=O) groups is 2. The lowest BCUT2D eigenvalue weighted by atomic mass is 10.2. The highest BCUT2D eigenvalue weighted by atomic mass is 32.2. The number of nitrogens with one attached hydrogen (secondary N) is 1. The van der Waals surface area contributed by atoms with Crippen LogP contribution >= 0.6 is 0 Å². The second kappa shape index (κ2) is 7.51. The topological polar surface area (TPSA) is 102 Å². The van der Waals surface area contributed by atoms with E-state index in [1.807, 2.05) is 0 Å². The van der Waals surface area contributed by atoms with Crippen LogP contribution in [0.25, 0.3) is 0 Å². The van der Waals surface area contributed by atoms with E-state index in [1.54, 1.807) is 0 Å². The number of amides is 1. The van der Waals surface area contributed by atoms with Gasteiger partial charge in [-0.05, 0) is 37.1 Å². The molecule has 0 radical (unpaired) electrons. The Morgan fingerprint density at radius 1 is 1.16 bits per heavy atom. The first-order valence-corrected chi connectivity index (χ1v) is 9.55. The van der Waals surface area contributed by atoms with E-state index >= 15 is 0 Å². The Hall–Kier alpha value is -1.97. The van der Waals surface area contributed by atoms with Crippen molar-refractivity contribution in [3.05, 3.63) is 29.8 Å². The predicted molar refractivity (Wildman–Crippen MR) is 87.5 cm³/mol. The molecule has 1 aromatic rings. The van der Waals surface area contributed by atoms with Crippen LogP contribution in [0, 0.1) is 0 Å². The quantitative estimate of drug-likeness (QED) is 0.717. The fourth-order valence-corrected chi connectivity index (χ4v) is 3.82. The highest BCUT2D eigenvalue weighted by molar-refractivity contribution is 7.89. The summed E-state index contributed by atoms with van der Waals surface area (Å²) in [5.74, 6) is -0.997. The highest BCUT2D eigenvalue weighted by Crippen LogP contribution is 2.19. The molecule has 136 valence electrons. The SMILES string of the molecule is O=C(COC(=O)c1ccc(S(=O)(=O)N2CCOCC2)cc1)NC1CC1. The van der Waals surface area contributed by atoms with Crippen molar-refractivity contribution in [1.29, 1.82) is 0 Å². The van der Waals surface area contributed by atoms with Crippen LogP contribution in [0.1, 0.15) is 23.2 Å². The molecule has 9 heteroatoms. The lowest BCUT2D eigenvalue weighted by molar-refractivity contribution is -0.124. The smallest absolute Gasteiger partial charge is 0.338 e. The van der Waals surface area contributed by atoms with Crippen molar-refractivity contribution in [2.45, 2.75) is 23.8 Å². The van der Waals surface area contributed by atoms with Crippen molar-refractivity contribution in [2.24, 2.45) is 0 Å². The summed E-state index contributed by atoms with van der Waals surface area (Å²) >= 11 is 0. The minimum Gasteiger partial charge on any atom is -0.452 e. The van der Waals surface area contributed by atoms with Gasteiger partial charge in [0.05, 0.1) is 23.7 Å². The van der Waals surface area contributed by atoms with E-state index < -0.39 is 16.0 Å². The molecule has 0 unspecified atom stereocenters. The number of benzene rings is 1. The van der Waals surface area contributed by atoms with Crippen molar-refractivity contribution in [3.63, 3.8) is 0 Å². The van der Waals surface area contributed by atoms with E-state index in [0.29, 0.717) is 26.3 Å². The maximum atomic E-state index is 12.5. The van der Waals surface area contributed by atoms with Crippen LogP contribution in [0.4, 0.5) is 0 Å². The third-order valence-corrected chi connectivity index (χ3v) is 5.89. The van der Waals surface area contributed by atoms with Gasteiger partial charge < -0.3 is 14.8 Å². The molecule has 3 rings (SSSR count). The standard InChI is InChI=1S/C16H20N2O6S/c19-15(17-13-3-4-13)11-24-16(20)12-1-5-14(6-2-12)25(21,22)18-7-9-23-10-8-18/h1-2,5-6,13H,3-4,7-11H2,(H,17,19). The van der Waals surface area contributed by atoms with Gasteiger partial charge in [0.25, 0.3) is 5.91 Å². The molecule has 0 spiro atoms. The fraction of sp³-hybridized carbons (Fsp3) is 0.500.